The second-order valence-electron chi connectivity index (χ2n) is 5.58. The number of hydrogen-bond acceptors (Lipinski definition) is 5. The molecule has 0 aromatic rings. The summed E-state index contributed by atoms with van der Waals surface area (Å²) in [5.41, 5.74) is 0. The maximum Gasteiger partial charge on any atom is 0.303 e. The van der Waals surface area contributed by atoms with E-state index in [1.165, 1.54) is 0 Å². The summed E-state index contributed by atoms with van der Waals surface area (Å²) >= 11 is 0. The summed E-state index contributed by atoms with van der Waals surface area (Å²) in [6.07, 6.45) is 1.64. The third-order valence-corrected chi connectivity index (χ3v) is 3.96. The lowest BCUT2D eigenvalue weighted by atomic mass is 9.91. The summed E-state index contributed by atoms with van der Waals surface area (Å²) in [7, 11) is 1.57. The smallest absolute Gasteiger partial charge is 0.303 e. The molecule has 1 fully saturated rings. The van der Waals surface area contributed by atoms with Gasteiger partial charge in [-0.1, -0.05) is 20.3 Å². The van der Waals surface area contributed by atoms with Crippen molar-refractivity contribution in [3.63, 3.8) is 0 Å². The van der Waals surface area contributed by atoms with Crippen LogP contribution in [0.2, 0.25) is 0 Å². The van der Waals surface area contributed by atoms with Gasteiger partial charge in [0.2, 0.25) is 0 Å². The van der Waals surface area contributed by atoms with Crippen LogP contribution in [0.15, 0.2) is 0 Å². The van der Waals surface area contributed by atoms with E-state index < -0.39 is 18.4 Å². The Bertz CT molecular complexity index is 307. The fourth-order valence-corrected chi connectivity index (χ4v) is 2.63. The highest BCUT2D eigenvalue weighted by atomic mass is 16.7. The minimum atomic E-state index is -0.766. The standard InChI is InChI=1S/C15H28O6/c1-4-11-14(13(18)10(2)15(19-3)21-11)20-9-7-5-6-8-12(16)17/h10-11,13-15,18H,4-9H2,1-3H3,(H,16,17). The van der Waals surface area contributed by atoms with Gasteiger partial charge in [-0.15, -0.1) is 0 Å². The predicted molar refractivity (Wildman–Crippen MR) is 77.0 cm³/mol. The number of hydrogen-bond donors (Lipinski definition) is 2. The van der Waals surface area contributed by atoms with Crippen LogP contribution in [0.25, 0.3) is 0 Å². The molecule has 1 rings (SSSR count). The Morgan fingerprint density at radius 3 is 2.57 bits per heavy atom. The second kappa shape index (κ2) is 9.35. The number of ether oxygens (including phenoxy) is 3. The zero-order valence-electron chi connectivity index (χ0n) is 13.2. The van der Waals surface area contributed by atoms with Gasteiger partial charge in [0.15, 0.2) is 6.29 Å². The van der Waals surface area contributed by atoms with Crippen molar-refractivity contribution in [2.24, 2.45) is 5.92 Å². The average molecular weight is 304 g/mol. The van der Waals surface area contributed by atoms with Crippen molar-refractivity contribution in [2.45, 2.75) is 70.6 Å². The molecule has 21 heavy (non-hydrogen) atoms. The molecule has 5 atom stereocenters. The first-order chi connectivity index (χ1) is 10.0. The van der Waals surface area contributed by atoms with E-state index in [1.54, 1.807) is 7.11 Å². The maximum atomic E-state index is 10.4. The third-order valence-electron chi connectivity index (χ3n) is 3.96. The van der Waals surface area contributed by atoms with Crippen LogP contribution >= 0.6 is 0 Å². The van der Waals surface area contributed by atoms with Crippen LogP contribution in [0.1, 0.15) is 46.0 Å². The first-order valence-corrected chi connectivity index (χ1v) is 7.71. The summed E-state index contributed by atoms with van der Waals surface area (Å²) in [5.74, 6) is -0.910. The molecular weight excluding hydrogens is 276 g/mol. The Labute approximate surface area is 126 Å². The molecule has 0 saturated carbocycles. The van der Waals surface area contributed by atoms with Crippen LogP contribution < -0.4 is 0 Å². The molecule has 0 aliphatic carbocycles. The van der Waals surface area contributed by atoms with Crippen molar-refractivity contribution >= 4 is 5.97 Å². The van der Waals surface area contributed by atoms with Crippen LogP contribution in [-0.2, 0) is 19.0 Å². The van der Waals surface area contributed by atoms with Crippen LogP contribution in [-0.4, -0.2) is 54.5 Å². The van der Waals surface area contributed by atoms with Gasteiger partial charge in [-0.2, -0.15) is 0 Å². The fraction of sp³-hybridized carbons (Fsp3) is 0.933. The van der Waals surface area contributed by atoms with Gasteiger partial charge in [0.25, 0.3) is 0 Å². The number of aliphatic hydroxyl groups is 1. The minimum absolute atomic E-state index is 0.144. The van der Waals surface area contributed by atoms with E-state index >= 15 is 0 Å². The lowest BCUT2D eigenvalue weighted by Gasteiger charge is -2.42. The van der Waals surface area contributed by atoms with Crippen molar-refractivity contribution in [1.82, 2.24) is 0 Å². The van der Waals surface area contributed by atoms with Gasteiger partial charge in [0, 0.05) is 26.1 Å². The highest BCUT2D eigenvalue weighted by Gasteiger charge is 2.42. The first-order valence-electron chi connectivity index (χ1n) is 7.71. The third kappa shape index (κ3) is 5.54. The number of carboxylic acids is 1. The zero-order chi connectivity index (χ0) is 15.8. The zero-order valence-corrected chi connectivity index (χ0v) is 13.2. The molecule has 0 spiro atoms. The van der Waals surface area contributed by atoms with E-state index in [1.807, 2.05) is 13.8 Å². The van der Waals surface area contributed by atoms with Crippen molar-refractivity contribution in [3.8, 4) is 0 Å². The lowest BCUT2D eigenvalue weighted by Crippen LogP contribution is -2.54. The van der Waals surface area contributed by atoms with E-state index in [-0.39, 0.29) is 24.5 Å². The highest BCUT2D eigenvalue weighted by Crippen LogP contribution is 2.29. The highest BCUT2D eigenvalue weighted by molar-refractivity contribution is 5.66. The van der Waals surface area contributed by atoms with Gasteiger partial charge in [-0.25, -0.2) is 0 Å². The normalized spacial score (nSPS) is 33.0. The van der Waals surface area contributed by atoms with Gasteiger partial charge in [0.05, 0.1) is 12.2 Å². The molecule has 1 aliphatic heterocycles. The monoisotopic (exact) mass is 304 g/mol. The van der Waals surface area contributed by atoms with Crippen LogP contribution in [0.4, 0.5) is 0 Å². The van der Waals surface area contributed by atoms with E-state index in [2.05, 4.69) is 0 Å². The van der Waals surface area contributed by atoms with Crippen LogP contribution in [0.3, 0.4) is 0 Å². The SMILES string of the molecule is CCC1OC(OC)C(C)C(O)C1OCCCCCC(=O)O. The minimum Gasteiger partial charge on any atom is -0.481 e. The Morgan fingerprint density at radius 1 is 1.29 bits per heavy atom. The molecule has 5 unspecified atom stereocenters. The summed E-state index contributed by atoms with van der Waals surface area (Å²) in [4.78, 5) is 10.4. The first kappa shape index (κ1) is 18.4. The molecule has 1 heterocycles. The average Bonchev–Trinajstić information content (AvgIpc) is 2.46. The molecule has 0 aromatic heterocycles. The van der Waals surface area contributed by atoms with E-state index in [0.29, 0.717) is 13.0 Å². The summed E-state index contributed by atoms with van der Waals surface area (Å²) in [6.45, 7) is 4.38. The number of carboxylic acid groups (broad SMARTS) is 1. The number of rotatable bonds is 9. The van der Waals surface area contributed by atoms with E-state index in [9.17, 15) is 9.90 Å². The molecule has 6 heteroatoms. The van der Waals surface area contributed by atoms with Crippen molar-refractivity contribution in [1.29, 1.82) is 0 Å². The number of unbranched alkanes of at least 4 members (excludes halogenated alkanes) is 2. The maximum absolute atomic E-state index is 10.4. The van der Waals surface area contributed by atoms with Crippen LogP contribution in [0.5, 0.6) is 0 Å². The predicted octanol–water partition coefficient (Wildman–Crippen LogP) is 1.79. The molecule has 1 saturated heterocycles. The quantitative estimate of drug-likeness (QED) is 0.632. The topological polar surface area (TPSA) is 85.2 Å². The van der Waals surface area contributed by atoms with E-state index in [0.717, 1.165) is 19.3 Å². The molecule has 2 N–H and O–H groups in total. The Balaban J connectivity index is 2.36. The second-order valence-corrected chi connectivity index (χ2v) is 5.58. The van der Waals surface area contributed by atoms with E-state index in [4.69, 9.17) is 19.3 Å². The van der Waals surface area contributed by atoms with Crippen LogP contribution in [0, 0.1) is 5.92 Å². The molecule has 0 amide bonds. The van der Waals surface area contributed by atoms with Gasteiger partial charge in [-0.05, 0) is 19.3 Å². The molecule has 124 valence electrons. The largest absolute Gasteiger partial charge is 0.481 e. The number of methoxy groups -OCH3 is 1. The van der Waals surface area contributed by atoms with Gasteiger partial charge in [0.1, 0.15) is 6.10 Å². The fourth-order valence-electron chi connectivity index (χ4n) is 2.63. The molecule has 0 bridgehead atoms. The molecule has 1 aliphatic rings. The molecule has 0 radical (unpaired) electrons. The van der Waals surface area contributed by atoms with Crippen molar-refractivity contribution < 1.29 is 29.2 Å². The Hall–Kier alpha value is -0.690. The van der Waals surface area contributed by atoms with Gasteiger partial charge >= 0.3 is 5.97 Å². The van der Waals surface area contributed by atoms with Crippen molar-refractivity contribution in [2.75, 3.05) is 13.7 Å². The summed E-state index contributed by atoms with van der Waals surface area (Å²) in [6, 6.07) is 0. The molecule has 6 nitrogen and oxygen atoms in total. The summed E-state index contributed by atoms with van der Waals surface area (Å²) in [5, 5.41) is 18.9. The Kier molecular flexibility index (Phi) is 8.18. The molecular formula is C15H28O6. The van der Waals surface area contributed by atoms with Gasteiger partial charge < -0.3 is 24.4 Å². The number of aliphatic hydroxyl groups excluding tert-OH is 1. The Morgan fingerprint density at radius 2 is 2.00 bits per heavy atom. The number of aliphatic carboxylic acids is 1. The van der Waals surface area contributed by atoms with Gasteiger partial charge in [-0.3, -0.25) is 4.79 Å². The summed E-state index contributed by atoms with van der Waals surface area (Å²) < 4.78 is 16.8. The lowest BCUT2D eigenvalue weighted by molar-refractivity contribution is -0.278. The molecule has 0 aromatic carbocycles. The number of carbonyl (C=O) groups is 1. The van der Waals surface area contributed by atoms with Crippen molar-refractivity contribution in [3.05, 3.63) is 0 Å².